The van der Waals surface area contributed by atoms with Crippen molar-refractivity contribution in [3.8, 4) is 0 Å². The molecule has 2 N–H and O–H groups in total. The number of hydrogen-bond acceptors (Lipinski definition) is 5. The summed E-state index contributed by atoms with van der Waals surface area (Å²) in [6, 6.07) is -0.196. The average molecular weight is 287 g/mol. The third-order valence-electron chi connectivity index (χ3n) is 3.21. The van der Waals surface area contributed by atoms with Crippen molar-refractivity contribution in [1.82, 2.24) is 15.1 Å². The maximum Gasteiger partial charge on any atom is 0.329 e. The normalized spacial score (nSPS) is 18.8. The van der Waals surface area contributed by atoms with Crippen LogP contribution in [0.4, 0.5) is 4.79 Å². The molecule has 1 aliphatic rings. The van der Waals surface area contributed by atoms with Crippen LogP contribution >= 0.6 is 0 Å². The van der Waals surface area contributed by atoms with E-state index in [1.165, 1.54) is 4.90 Å². The van der Waals surface area contributed by atoms with Crippen LogP contribution in [-0.2, 0) is 14.3 Å². The molecular weight excluding hydrogens is 266 g/mol. The Labute approximate surface area is 117 Å². The summed E-state index contributed by atoms with van der Waals surface area (Å²) < 4.78 is 4.60. The lowest BCUT2D eigenvalue weighted by Crippen LogP contribution is -2.46. The van der Waals surface area contributed by atoms with Crippen LogP contribution in [0.5, 0.6) is 0 Å². The second kappa shape index (κ2) is 7.81. The van der Waals surface area contributed by atoms with Gasteiger partial charge in [0.1, 0.15) is 13.2 Å². The van der Waals surface area contributed by atoms with Crippen molar-refractivity contribution in [2.75, 3.05) is 40.4 Å². The lowest BCUT2D eigenvalue weighted by molar-refractivity contribution is -0.143. The number of nitrogens with one attached hydrogen (secondary N) is 1. The quantitative estimate of drug-likeness (QED) is 0.673. The van der Waals surface area contributed by atoms with Gasteiger partial charge in [-0.3, -0.25) is 10.1 Å². The van der Waals surface area contributed by atoms with Crippen molar-refractivity contribution in [3.63, 3.8) is 0 Å². The molecule has 0 spiro atoms. The fraction of sp³-hybridized carbons (Fsp3) is 0.750. The minimum Gasteiger partial charge on any atom is -0.480 e. The van der Waals surface area contributed by atoms with E-state index in [4.69, 9.17) is 5.11 Å². The average Bonchev–Trinajstić information content (AvgIpc) is 2.74. The fourth-order valence-corrected chi connectivity index (χ4v) is 2.09. The van der Waals surface area contributed by atoms with Crippen LogP contribution in [0.25, 0.3) is 0 Å². The number of carbonyl (C=O) groups is 3. The van der Waals surface area contributed by atoms with Crippen LogP contribution in [0.1, 0.15) is 12.8 Å². The van der Waals surface area contributed by atoms with E-state index in [9.17, 15) is 14.4 Å². The number of urea groups is 1. The summed E-state index contributed by atoms with van der Waals surface area (Å²) in [5.41, 5.74) is 0. The number of aliphatic carboxylic acids is 1. The topological polar surface area (TPSA) is 99.2 Å². The van der Waals surface area contributed by atoms with Crippen molar-refractivity contribution in [3.05, 3.63) is 0 Å². The first-order valence-electron chi connectivity index (χ1n) is 6.45. The second-order valence-electron chi connectivity index (χ2n) is 4.90. The van der Waals surface area contributed by atoms with Gasteiger partial charge in [-0.05, 0) is 26.4 Å². The number of nitrogens with zero attached hydrogens (tertiary/aromatic N) is 2. The van der Waals surface area contributed by atoms with E-state index in [-0.39, 0.29) is 0 Å². The van der Waals surface area contributed by atoms with Gasteiger partial charge in [-0.2, -0.15) is 0 Å². The zero-order valence-electron chi connectivity index (χ0n) is 11.8. The van der Waals surface area contributed by atoms with Crippen LogP contribution in [0.2, 0.25) is 0 Å². The highest BCUT2D eigenvalue weighted by Gasteiger charge is 2.24. The SMILES string of the molecule is CN(CC1CCCN1C)C(=O)NC(=O)COCC(=O)O. The molecule has 0 saturated carbocycles. The van der Waals surface area contributed by atoms with Gasteiger partial charge in [-0.25, -0.2) is 9.59 Å². The first kappa shape index (κ1) is 16.4. The highest BCUT2D eigenvalue weighted by molar-refractivity contribution is 5.94. The lowest BCUT2D eigenvalue weighted by atomic mass is 10.2. The summed E-state index contributed by atoms with van der Waals surface area (Å²) in [4.78, 5) is 36.9. The van der Waals surface area contributed by atoms with Gasteiger partial charge in [0.25, 0.3) is 5.91 Å². The molecule has 3 amide bonds. The van der Waals surface area contributed by atoms with E-state index >= 15 is 0 Å². The van der Waals surface area contributed by atoms with Crippen molar-refractivity contribution in [2.24, 2.45) is 0 Å². The van der Waals surface area contributed by atoms with Gasteiger partial charge in [0, 0.05) is 19.6 Å². The number of hydrogen-bond donors (Lipinski definition) is 2. The zero-order chi connectivity index (χ0) is 15.1. The molecule has 1 saturated heterocycles. The minimum absolute atomic E-state index is 0.309. The Balaban J connectivity index is 2.26. The second-order valence-corrected chi connectivity index (χ2v) is 4.90. The Bertz CT molecular complexity index is 374. The Morgan fingerprint density at radius 2 is 2.10 bits per heavy atom. The highest BCUT2D eigenvalue weighted by Crippen LogP contribution is 2.15. The summed E-state index contributed by atoms with van der Waals surface area (Å²) in [6.07, 6.45) is 2.14. The van der Waals surface area contributed by atoms with Gasteiger partial charge in [0.15, 0.2) is 0 Å². The molecule has 1 heterocycles. The summed E-state index contributed by atoms with van der Waals surface area (Å²) in [5.74, 6) is -1.81. The number of rotatable bonds is 6. The molecule has 0 radical (unpaired) electrons. The van der Waals surface area contributed by atoms with Crippen molar-refractivity contribution in [1.29, 1.82) is 0 Å². The van der Waals surface area contributed by atoms with Crippen LogP contribution in [0.15, 0.2) is 0 Å². The Kier molecular flexibility index (Phi) is 6.40. The van der Waals surface area contributed by atoms with Gasteiger partial charge < -0.3 is 19.6 Å². The highest BCUT2D eigenvalue weighted by atomic mass is 16.5. The molecule has 0 aliphatic carbocycles. The molecule has 20 heavy (non-hydrogen) atoms. The van der Waals surface area contributed by atoms with E-state index in [1.54, 1.807) is 7.05 Å². The Morgan fingerprint density at radius 3 is 2.65 bits per heavy atom. The van der Waals surface area contributed by atoms with Crippen LogP contribution in [0.3, 0.4) is 0 Å². The summed E-state index contributed by atoms with van der Waals surface area (Å²) in [6.45, 7) is 0.549. The Hall–Kier alpha value is -1.67. The number of imide groups is 1. The van der Waals surface area contributed by atoms with Gasteiger partial charge >= 0.3 is 12.0 Å². The third-order valence-corrected chi connectivity index (χ3v) is 3.21. The minimum atomic E-state index is -1.16. The molecular formula is C12H21N3O5. The molecule has 1 atom stereocenters. The summed E-state index contributed by atoms with van der Waals surface area (Å²) >= 11 is 0. The van der Waals surface area contributed by atoms with E-state index in [0.29, 0.717) is 12.6 Å². The van der Waals surface area contributed by atoms with Crippen molar-refractivity contribution in [2.45, 2.75) is 18.9 Å². The molecule has 8 heteroatoms. The number of carbonyl (C=O) groups excluding carboxylic acids is 2. The predicted molar refractivity (Wildman–Crippen MR) is 70.3 cm³/mol. The standard InChI is InChI=1S/C12H21N3O5/c1-14-5-3-4-9(14)6-15(2)12(19)13-10(16)7-20-8-11(17)18/h9H,3-8H2,1-2H3,(H,17,18)(H,13,16,19). The van der Waals surface area contributed by atoms with Gasteiger partial charge in [0.2, 0.25) is 0 Å². The van der Waals surface area contributed by atoms with Crippen LogP contribution in [0, 0.1) is 0 Å². The predicted octanol–water partition coefficient (Wildman–Crippen LogP) is -0.650. The largest absolute Gasteiger partial charge is 0.480 e. The first-order valence-corrected chi connectivity index (χ1v) is 6.45. The monoisotopic (exact) mass is 287 g/mol. The lowest BCUT2D eigenvalue weighted by Gasteiger charge is -2.25. The first-order chi connectivity index (χ1) is 9.40. The summed E-state index contributed by atoms with van der Waals surface area (Å²) in [7, 11) is 3.63. The third kappa shape index (κ3) is 5.54. The van der Waals surface area contributed by atoms with Gasteiger partial charge in [-0.1, -0.05) is 0 Å². The molecule has 8 nitrogen and oxygen atoms in total. The molecule has 1 rings (SSSR count). The van der Waals surface area contributed by atoms with Gasteiger partial charge in [0.05, 0.1) is 0 Å². The van der Waals surface area contributed by atoms with Gasteiger partial charge in [-0.15, -0.1) is 0 Å². The maximum atomic E-state index is 11.7. The molecule has 0 aromatic heterocycles. The molecule has 1 fully saturated rings. The number of carboxylic acids is 1. The van der Waals surface area contributed by atoms with Crippen molar-refractivity contribution < 1.29 is 24.2 Å². The molecule has 0 aromatic carbocycles. The Morgan fingerprint density at radius 1 is 1.40 bits per heavy atom. The maximum absolute atomic E-state index is 11.7. The number of carboxylic acid groups (broad SMARTS) is 1. The number of amides is 3. The van der Waals surface area contributed by atoms with E-state index < -0.39 is 31.1 Å². The smallest absolute Gasteiger partial charge is 0.329 e. The van der Waals surface area contributed by atoms with E-state index in [0.717, 1.165) is 19.4 Å². The van der Waals surface area contributed by atoms with E-state index in [2.05, 4.69) is 15.0 Å². The number of likely N-dealkylation sites (N-methyl/N-ethyl adjacent to an activating group) is 2. The zero-order valence-corrected chi connectivity index (χ0v) is 11.8. The summed E-state index contributed by atoms with van der Waals surface area (Å²) in [5, 5.41) is 10.5. The molecule has 114 valence electrons. The van der Waals surface area contributed by atoms with Crippen LogP contribution < -0.4 is 5.32 Å². The molecule has 1 unspecified atom stereocenters. The van der Waals surface area contributed by atoms with Crippen LogP contribution in [-0.4, -0.2) is 79.3 Å². The number of likely N-dealkylation sites (tertiary alicyclic amines) is 1. The fourth-order valence-electron chi connectivity index (χ4n) is 2.09. The van der Waals surface area contributed by atoms with Crippen molar-refractivity contribution >= 4 is 17.9 Å². The molecule has 1 aliphatic heterocycles. The molecule has 0 aromatic rings. The number of ether oxygens (including phenoxy) is 1. The van der Waals surface area contributed by atoms with E-state index in [1.807, 2.05) is 7.05 Å². The molecule has 0 bridgehead atoms.